The lowest BCUT2D eigenvalue weighted by molar-refractivity contribution is -0.192. The van der Waals surface area contributed by atoms with Crippen molar-refractivity contribution < 1.29 is 45.7 Å². The molecular formula is C21H14Cl2F7N3O3. The summed E-state index contributed by atoms with van der Waals surface area (Å²) < 4.78 is 83.8. The number of nitrogens with one attached hydrogen (secondary N) is 1. The van der Waals surface area contributed by atoms with Crippen LogP contribution in [0.2, 0.25) is 10.0 Å². The molecule has 1 atom stereocenters. The third-order valence-corrected chi connectivity index (χ3v) is 4.90. The highest BCUT2D eigenvalue weighted by atomic mass is 35.5. The highest BCUT2D eigenvalue weighted by Crippen LogP contribution is 2.36. The van der Waals surface area contributed by atoms with Gasteiger partial charge in [0.25, 0.3) is 0 Å². The van der Waals surface area contributed by atoms with Crippen molar-refractivity contribution in [1.82, 2.24) is 9.97 Å². The Morgan fingerprint density at radius 2 is 1.61 bits per heavy atom. The predicted octanol–water partition coefficient (Wildman–Crippen LogP) is 6.39. The van der Waals surface area contributed by atoms with Crippen LogP contribution in [0.3, 0.4) is 0 Å². The lowest BCUT2D eigenvalue weighted by Crippen LogP contribution is -2.21. The number of alkyl halides is 6. The van der Waals surface area contributed by atoms with Crippen molar-refractivity contribution >= 4 is 35.0 Å². The minimum absolute atomic E-state index is 0.00525. The van der Waals surface area contributed by atoms with Crippen LogP contribution in [-0.2, 0) is 11.0 Å². The lowest BCUT2D eigenvalue weighted by atomic mass is 10.1. The second-order valence-corrected chi connectivity index (χ2v) is 7.67. The molecule has 0 radical (unpaired) electrons. The molecular weight excluding hydrogens is 546 g/mol. The molecule has 0 aliphatic heterocycles. The molecule has 0 saturated carbocycles. The van der Waals surface area contributed by atoms with E-state index in [4.69, 9.17) is 33.1 Å². The van der Waals surface area contributed by atoms with Gasteiger partial charge >= 0.3 is 18.3 Å². The number of aliphatic carboxylic acids is 1. The molecule has 0 spiro atoms. The molecule has 15 heteroatoms. The average molecular weight is 560 g/mol. The average Bonchev–Trinajstić information content (AvgIpc) is 2.78. The van der Waals surface area contributed by atoms with Crippen LogP contribution in [0.4, 0.5) is 36.6 Å². The van der Waals surface area contributed by atoms with Crippen molar-refractivity contribution in [3.63, 3.8) is 0 Å². The van der Waals surface area contributed by atoms with Gasteiger partial charge in [0.15, 0.2) is 0 Å². The maximum atomic E-state index is 13.5. The van der Waals surface area contributed by atoms with E-state index in [1.807, 2.05) is 0 Å². The number of benzene rings is 2. The topological polar surface area (TPSA) is 95.3 Å². The summed E-state index contributed by atoms with van der Waals surface area (Å²) in [4.78, 5) is 16.9. The molecule has 1 unspecified atom stereocenters. The summed E-state index contributed by atoms with van der Waals surface area (Å²) in [7, 11) is 0. The Morgan fingerprint density at radius 1 is 0.972 bits per heavy atom. The maximum absolute atomic E-state index is 13.5. The first kappa shape index (κ1) is 29.1. The summed E-state index contributed by atoms with van der Waals surface area (Å²) >= 11 is 11.4. The minimum Gasteiger partial charge on any atom is -0.475 e. The highest BCUT2D eigenvalue weighted by molar-refractivity contribution is 6.31. The van der Waals surface area contributed by atoms with Crippen molar-refractivity contribution in [2.24, 2.45) is 0 Å². The number of rotatable bonds is 5. The molecule has 0 aliphatic carbocycles. The summed E-state index contributed by atoms with van der Waals surface area (Å²) in [6.07, 6.45) is -9.45. The zero-order valence-electron chi connectivity index (χ0n) is 17.5. The predicted molar refractivity (Wildman–Crippen MR) is 116 cm³/mol. The van der Waals surface area contributed by atoms with E-state index < -0.39 is 40.8 Å². The summed E-state index contributed by atoms with van der Waals surface area (Å²) in [6, 6.07) is 8.76. The smallest absolute Gasteiger partial charge is 0.475 e. The highest BCUT2D eigenvalue weighted by Gasteiger charge is 2.38. The van der Waals surface area contributed by atoms with E-state index in [1.165, 1.54) is 36.7 Å². The third kappa shape index (κ3) is 8.21. The monoisotopic (exact) mass is 559 g/mol. The van der Waals surface area contributed by atoms with Crippen LogP contribution in [0.25, 0.3) is 11.3 Å². The summed E-state index contributed by atoms with van der Waals surface area (Å²) in [5, 5.41) is 19.7. The number of carbonyl (C=O) groups is 1. The van der Waals surface area contributed by atoms with Gasteiger partial charge in [-0.1, -0.05) is 35.3 Å². The standard InChI is InChI=1S/C19H13Cl2F4N3O.C2HF3O2/c20-13-4-2-11(6-15(13)22)17(29)8-26-18-7-16(27-9-28-18)10-1-3-12(14(21)5-10)19(23,24)25;3-2(4,5)1(6)7/h1-7,9,17,29H,8H2,(H,26,27,28);(H,6,7). The van der Waals surface area contributed by atoms with Gasteiger partial charge in [0.1, 0.15) is 18.0 Å². The molecule has 3 rings (SSSR count). The van der Waals surface area contributed by atoms with Gasteiger partial charge in [0, 0.05) is 18.2 Å². The number of aliphatic hydroxyl groups excluding tert-OH is 1. The minimum atomic E-state index is -5.08. The van der Waals surface area contributed by atoms with Gasteiger partial charge in [0.05, 0.1) is 27.4 Å². The van der Waals surface area contributed by atoms with Crippen molar-refractivity contribution in [3.8, 4) is 11.3 Å². The number of carboxylic acid groups (broad SMARTS) is 1. The first-order valence-corrected chi connectivity index (χ1v) is 10.2. The molecule has 0 saturated heterocycles. The summed E-state index contributed by atoms with van der Waals surface area (Å²) in [6.45, 7) is 0.00525. The fourth-order valence-corrected chi connectivity index (χ4v) is 2.96. The van der Waals surface area contributed by atoms with Crippen molar-refractivity contribution in [1.29, 1.82) is 0 Å². The quantitative estimate of drug-likeness (QED) is 0.314. The van der Waals surface area contributed by atoms with Gasteiger partial charge < -0.3 is 15.5 Å². The van der Waals surface area contributed by atoms with Gasteiger partial charge in [-0.3, -0.25) is 0 Å². The van der Waals surface area contributed by atoms with E-state index >= 15 is 0 Å². The van der Waals surface area contributed by atoms with Crippen molar-refractivity contribution in [2.45, 2.75) is 18.5 Å². The van der Waals surface area contributed by atoms with Crippen LogP contribution in [0, 0.1) is 5.82 Å². The summed E-state index contributed by atoms with van der Waals surface area (Å²) in [5.41, 5.74) is 0.0933. The van der Waals surface area contributed by atoms with Crippen LogP contribution in [0.5, 0.6) is 0 Å². The second-order valence-electron chi connectivity index (χ2n) is 6.85. The second kappa shape index (κ2) is 11.7. The van der Waals surface area contributed by atoms with Crippen LogP contribution >= 0.6 is 23.2 Å². The van der Waals surface area contributed by atoms with Gasteiger partial charge in [-0.05, 0) is 29.8 Å². The van der Waals surface area contributed by atoms with Crippen LogP contribution in [0.15, 0.2) is 48.8 Å². The first-order chi connectivity index (χ1) is 16.6. The SMILES string of the molecule is O=C(O)C(F)(F)F.OC(CNc1cc(-c2ccc(C(F)(F)F)c(Cl)c2)ncn1)c1ccc(Cl)c(F)c1. The Morgan fingerprint density at radius 3 is 2.14 bits per heavy atom. The molecule has 194 valence electrons. The zero-order chi connectivity index (χ0) is 27.3. The molecule has 0 fully saturated rings. The Labute approximate surface area is 208 Å². The maximum Gasteiger partial charge on any atom is 0.490 e. The molecule has 0 amide bonds. The van der Waals surface area contributed by atoms with Crippen molar-refractivity contribution in [2.75, 3.05) is 11.9 Å². The van der Waals surface area contributed by atoms with E-state index in [-0.39, 0.29) is 11.6 Å². The Kier molecular flexibility index (Phi) is 9.46. The molecule has 0 bridgehead atoms. The van der Waals surface area contributed by atoms with Gasteiger partial charge in [-0.2, -0.15) is 26.3 Å². The zero-order valence-corrected chi connectivity index (χ0v) is 19.0. The third-order valence-electron chi connectivity index (χ3n) is 4.28. The molecule has 6 nitrogen and oxygen atoms in total. The molecule has 3 aromatic rings. The van der Waals surface area contributed by atoms with E-state index in [2.05, 4.69) is 15.3 Å². The molecule has 0 aliphatic rings. The van der Waals surface area contributed by atoms with Crippen molar-refractivity contribution in [3.05, 3.63) is 75.8 Å². The van der Waals surface area contributed by atoms with E-state index in [0.29, 0.717) is 22.6 Å². The fourth-order valence-electron chi connectivity index (χ4n) is 2.55. The number of nitrogens with zero attached hydrogens (tertiary/aromatic N) is 2. The Balaban J connectivity index is 0.000000572. The number of carboxylic acids is 1. The van der Waals surface area contributed by atoms with Crippen LogP contribution in [-0.4, -0.2) is 38.9 Å². The number of aliphatic hydroxyl groups is 1. The largest absolute Gasteiger partial charge is 0.490 e. The molecule has 1 heterocycles. The van der Waals surface area contributed by atoms with E-state index in [0.717, 1.165) is 12.1 Å². The number of anilines is 1. The fraction of sp³-hybridized carbons (Fsp3) is 0.190. The lowest BCUT2D eigenvalue weighted by Gasteiger charge is -2.14. The van der Waals surface area contributed by atoms with Crippen LogP contribution in [0.1, 0.15) is 17.2 Å². The van der Waals surface area contributed by atoms with Gasteiger partial charge in [-0.15, -0.1) is 0 Å². The Hall–Kier alpha value is -3.16. The van der Waals surface area contributed by atoms with Crippen LogP contribution < -0.4 is 5.32 Å². The van der Waals surface area contributed by atoms with Gasteiger partial charge in [-0.25, -0.2) is 19.2 Å². The number of hydrogen-bond acceptors (Lipinski definition) is 5. The molecule has 3 N–H and O–H groups in total. The summed E-state index contributed by atoms with van der Waals surface area (Å²) in [5.74, 6) is -3.08. The Bertz CT molecular complexity index is 1220. The molecule has 1 aromatic heterocycles. The van der Waals surface area contributed by atoms with E-state index in [1.54, 1.807) is 0 Å². The molecule has 2 aromatic carbocycles. The number of hydrogen-bond donors (Lipinski definition) is 3. The first-order valence-electron chi connectivity index (χ1n) is 9.45. The molecule has 36 heavy (non-hydrogen) atoms. The number of halogens is 9. The number of aromatic nitrogens is 2. The van der Waals surface area contributed by atoms with Gasteiger partial charge in [0.2, 0.25) is 0 Å². The normalized spacial score (nSPS) is 12.4. The van der Waals surface area contributed by atoms with E-state index in [9.17, 15) is 35.8 Å².